The highest BCUT2D eigenvalue weighted by Crippen LogP contribution is 2.50. The second-order valence-electron chi connectivity index (χ2n) is 7.71. The summed E-state index contributed by atoms with van der Waals surface area (Å²) >= 11 is 0. The van der Waals surface area contributed by atoms with E-state index in [0.717, 1.165) is 17.0 Å². The molecule has 1 saturated heterocycles. The van der Waals surface area contributed by atoms with Crippen molar-refractivity contribution in [2.75, 3.05) is 4.90 Å². The van der Waals surface area contributed by atoms with Crippen LogP contribution in [0.2, 0.25) is 0 Å². The van der Waals surface area contributed by atoms with Crippen molar-refractivity contribution in [2.24, 2.45) is 0 Å². The Labute approximate surface area is 179 Å². The zero-order chi connectivity index (χ0) is 22.7. The Morgan fingerprint density at radius 2 is 1.75 bits per heavy atom. The van der Waals surface area contributed by atoms with E-state index in [4.69, 9.17) is 0 Å². The van der Waals surface area contributed by atoms with Crippen molar-refractivity contribution in [2.45, 2.75) is 31.3 Å². The van der Waals surface area contributed by atoms with Crippen molar-refractivity contribution in [3.05, 3.63) is 66.1 Å². The Bertz CT molecular complexity index is 1240. The van der Waals surface area contributed by atoms with E-state index < -0.39 is 35.4 Å². The first kappa shape index (κ1) is 20.2. The van der Waals surface area contributed by atoms with E-state index in [0.29, 0.717) is 29.3 Å². The fraction of sp³-hybridized carbons (Fsp3) is 0.227. The van der Waals surface area contributed by atoms with E-state index in [2.05, 4.69) is 9.72 Å². The Hall–Kier alpha value is -3.69. The second-order valence-corrected chi connectivity index (χ2v) is 7.71. The highest BCUT2D eigenvalue weighted by atomic mass is 19.4. The van der Waals surface area contributed by atoms with Crippen LogP contribution in [0.25, 0.3) is 10.9 Å². The van der Waals surface area contributed by atoms with Crippen LogP contribution in [-0.2, 0) is 11.3 Å². The number of urea groups is 1. The first-order valence-corrected chi connectivity index (χ1v) is 9.73. The summed E-state index contributed by atoms with van der Waals surface area (Å²) in [5, 5.41) is 0.664. The quantitative estimate of drug-likeness (QED) is 0.429. The minimum Gasteiger partial charge on any atom is -0.406 e. The summed E-state index contributed by atoms with van der Waals surface area (Å²) in [6.45, 7) is 0.112. The molecule has 0 unspecified atom stereocenters. The lowest BCUT2D eigenvalue weighted by Gasteiger charge is -2.22. The van der Waals surface area contributed by atoms with Gasteiger partial charge in [-0.25, -0.2) is 14.1 Å². The first-order valence-electron chi connectivity index (χ1n) is 9.73. The van der Waals surface area contributed by atoms with Gasteiger partial charge in [0.2, 0.25) is 0 Å². The maximum absolute atomic E-state index is 13.6. The molecule has 1 spiro atoms. The van der Waals surface area contributed by atoms with Crippen molar-refractivity contribution < 1.29 is 31.9 Å². The molecular formula is C22H15F4N3O3. The number of aromatic nitrogens is 1. The Kier molecular flexibility index (Phi) is 4.37. The van der Waals surface area contributed by atoms with Crippen LogP contribution >= 0.6 is 0 Å². The van der Waals surface area contributed by atoms with E-state index in [-0.39, 0.29) is 12.2 Å². The van der Waals surface area contributed by atoms with Crippen LogP contribution < -0.4 is 9.64 Å². The number of fused-ring (bicyclic) bond motifs is 1. The summed E-state index contributed by atoms with van der Waals surface area (Å²) in [7, 11) is 0. The normalized spacial score (nSPS) is 17.5. The molecule has 3 aromatic rings. The molecule has 0 atom stereocenters. The number of nitrogens with zero attached hydrogens (tertiary/aromatic N) is 3. The molecule has 5 rings (SSSR count). The summed E-state index contributed by atoms with van der Waals surface area (Å²) in [5.74, 6) is -1.30. The molecule has 3 amide bonds. The van der Waals surface area contributed by atoms with Gasteiger partial charge in [-0.15, -0.1) is 13.2 Å². The number of alkyl halides is 3. The van der Waals surface area contributed by atoms with Gasteiger partial charge < -0.3 is 9.64 Å². The molecule has 0 radical (unpaired) electrons. The van der Waals surface area contributed by atoms with Gasteiger partial charge in [0.15, 0.2) is 0 Å². The standard InChI is InChI=1S/C22H15F4N3O3/c23-14-1-6-17-13(7-10-27-18(17)11-14)12-28-20(31)29(19(30)21(28)8-9-21)15-2-4-16(5-3-15)32-22(24,25)26/h1-7,10-11H,8-9,12H2. The van der Waals surface area contributed by atoms with Gasteiger partial charge in [0, 0.05) is 24.2 Å². The third-order valence-corrected chi connectivity index (χ3v) is 5.72. The number of carbonyl (C=O) groups excluding carboxylic acids is 2. The zero-order valence-corrected chi connectivity index (χ0v) is 16.4. The predicted molar refractivity (Wildman–Crippen MR) is 105 cm³/mol. The number of benzene rings is 2. The number of amides is 3. The van der Waals surface area contributed by atoms with E-state index in [1.807, 2.05) is 0 Å². The van der Waals surface area contributed by atoms with Gasteiger partial charge in [-0.3, -0.25) is 9.78 Å². The number of anilines is 1. The lowest BCUT2D eigenvalue weighted by Crippen LogP contribution is -2.36. The molecule has 1 aliphatic carbocycles. The highest BCUT2D eigenvalue weighted by Gasteiger charge is 2.65. The Morgan fingerprint density at radius 3 is 2.41 bits per heavy atom. The molecule has 2 aromatic carbocycles. The van der Waals surface area contributed by atoms with Gasteiger partial charge in [-0.1, -0.05) is 0 Å². The summed E-state index contributed by atoms with van der Waals surface area (Å²) in [4.78, 5) is 32.9. The molecule has 1 aromatic heterocycles. The fourth-order valence-corrected chi connectivity index (χ4v) is 4.05. The molecule has 1 aliphatic heterocycles. The fourth-order valence-electron chi connectivity index (χ4n) is 4.05. The number of imide groups is 1. The molecule has 0 N–H and O–H groups in total. The van der Waals surface area contributed by atoms with Gasteiger partial charge in [0.1, 0.15) is 17.1 Å². The molecule has 2 heterocycles. The molecule has 164 valence electrons. The molecule has 32 heavy (non-hydrogen) atoms. The second kappa shape index (κ2) is 6.91. The third kappa shape index (κ3) is 3.31. The number of carbonyl (C=O) groups is 2. The summed E-state index contributed by atoms with van der Waals surface area (Å²) in [6, 6.07) is 9.89. The van der Waals surface area contributed by atoms with Crippen molar-refractivity contribution >= 4 is 28.5 Å². The van der Waals surface area contributed by atoms with Gasteiger partial charge in [-0.2, -0.15) is 0 Å². The topological polar surface area (TPSA) is 62.7 Å². The van der Waals surface area contributed by atoms with Crippen LogP contribution in [0.1, 0.15) is 18.4 Å². The van der Waals surface area contributed by atoms with Crippen LogP contribution in [0.4, 0.5) is 28.0 Å². The van der Waals surface area contributed by atoms with Crippen molar-refractivity contribution in [3.63, 3.8) is 0 Å². The van der Waals surface area contributed by atoms with E-state index in [1.54, 1.807) is 12.1 Å². The zero-order valence-electron chi connectivity index (χ0n) is 16.4. The van der Waals surface area contributed by atoms with Crippen LogP contribution in [0.15, 0.2) is 54.7 Å². The van der Waals surface area contributed by atoms with Crippen LogP contribution in [0.3, 0.4) is 0 Å². The minimum atomic E-state index is -4.84. The highest BCUT2D eigenvalue weighted by molar-refractivity contribution is 6.24. The average molecular weight is 445 g/mol. The SMILES string of the molecule is O=C1N(c2ccc(OC(F)(F)F)cc2)C(=O)C2(CC2)N1Cc1ccnc2cc(F)ccc12. The molecule has 2 fully saturated rings. The number of hydrogen-bond donors (Lipinski definition) is 0. The maximum Gasteiger partial charge on any atom is 0.573 e. The van der Waals surface area contributed by atoms with Crippen molar-refractivity contribution in [1.82, 2.24) is 9.88 Å². The largest absolute Gasteiger partial charge is 0.573 e. The summed E-state index contributed by atoms with van der Waals surface area (Å²) < 4.78 is 54.6. The maximum atomic E-state index is 13.6. The van der Waals surface area contributed by atoms with Crippen LogP contribution in [-0.4, -0.2) is 33.7 Å². The molecule has 0 bridgehead atoms. The first-order chi connectivity index (χ1) is 15.2. The van der Waals surface area contributed by atoms with Gasteiger partial charge in [0.05, 0.1) is 11.2 Å². The number of ether oxygens (including phenoxy) is 1. The van der Waals surface area contributed by atoms with E-state index >= 15 is 0 Å². The monoisotopic (exact) mass is 445 g/mol. The van der Waals surface area contributed by atoms with E-state index in [1.165, 1.54) is 35.4 Å². The average Bonchev–Trinajstić information content (AvgIpc) is 3.50. The minimum absolute atomic E-state index is 0.112. The predicted octanol–water partition coefficient (Wildman–Crippen LogP) is 4.77. The number of hydrogen-bond acceptors (Lipinski definition) is 4. The number of halogens is 4. The summed E-state index contributed by atoms with van der Waals surface area (Å²) in [5.41, 5.74) is 0.319. The third-order valence-electron chi connectivity index (χ3n) is 5.72. The Balaban J connectivity index is 1.45. The van der Waals surface area contributed by atoms with Gasteiger partial charge in [0.25, 0.3) is 5.91 Å². The van der Waals surface area contributed by atoms with Crippen molar-refractivity contribution in [1.29, 1.82) is 0 Å². The number of pyridine rings is 1. The Morgan fingerprint density at radius 1 is 1.03 bits per heavy atom. The molecular weight excluding hydrogens is 430 g/mol. The van der Waals surface area contributed by atoms with Crippen LogP contribution in [0, 0.1) is 5.82 Å². The molecule has 6 nitrogen and oxygen atoms in total. The number of rotatable bonds is 4. The molecule has 10 heteroatoms. The molecule has 2 aliphatic rings. The smallest absolute Gasteiger partial charge is 0.406 e. The molecule has 1 saturated carbocycles. The van der Waals surface area contributed by atoms with E-state index in [9.17, 15) is 27.2 Å². The van der Waals surface area contributed by atoms with Gasteiger partial charge in [-0.05, 0) is 60.9 Å². The van der Waals surface area contributed by atoms with Gasteiger partial charge >= 0.3 is 12.4 Å². The lowest BCUT2D eigenvalue weighted by atomic mass is 10.1. The van der Waals surface area contributed by atoms with Crippen LogP contribution in [0.5, 0.6) is 5.75 Å². The van der Waals surface area contributed by atoms with Crippen molar-refractivity contribution in [3.8, 4) is 5.75 Å². The lowest BCUT2D eigenvalue weighted by molar-refractivity contribution is -0.274. The summed E-state index contributed by atoms with van der Waals surface area (Å²) in [6.07, 6.45) is -2.36.